The molecule has 1 aliphatic carbocycles. The van der Waals surface area contributed by atoms with E-state index in [2.05, 4.69) is 21.2 Å². The molecule has 3 N–H and O–H groups in total. The Bertz CT molecular complexity index is 422. The predicted octanol–water partition coefficient (Wildman–Crippen LogP) is 1.06. The SMILES string of the molecule is O=C(Nc1cccnc1)C1NNC2CCCCC21. The largest absolute Gasteiger partial charge is 0.323 e. The highest BCUT2D eigenvalue weighted by molar-refractivity contribution is 5.95. The first-order chi connectivity index (χ1) is 8.84. The molecule has 0 aromatic carbocycles. The Morgan fingerprint density at radius 2 is 2.22 bits per heavy atom. The first-order valence-electron chi connectivity index (χ1n) is 6.56. The Balaban J connectivity index is 1.66. The van der Waals surface area contributed by atoms with Gasteiger partial charge in [0, 0.05) is 18.2 Å². The van der Waals surface area contributed by atoms with Gasteiger partial charge in [-0.15, -0.1) is 0 Å². The quantitative estimate of drug-likeness (QED) is 0.730. The molecule has 1 aromatic heterocycles. The lowest BCUT2D eigenvalue weighted by molar-refractivity contribution is -0.118. The number of rotatable bonds is 2. The van der Waals surface area contributed by atoms with Crippen LogP contribution in [0.1, 0.15) is 25.7 Å². The topological polar surface area (TPSA) is 66.0 Å². The maximum absolute atomic E-state index is 12.2. The van der Waals surface area contributed by atoms with Crippen LogP contribution >= 0.6 is 0 Å². The van der Waals surface area contributed by atoms with Crippen LogP contribution < -0.4 is 16.2 Å². The van der Waals surface area contributed by atoms with Gasteiger partial charge in [-0.25, -0.2) is 5.43 Å². The van der Waals surface area contributed by atoms with Gasteiger partial charge in [0.2, 0.25) is 5.91 Å². The summed E-state index contributed by atoms with van der Waals surface area (Å²) in [5.74, 6) is 0.445. The van der Waals surface area contributed by atoms with Crippen LogP contribution in [-0.4, -0.2) is 23.0 Å². The normalized spacial score (nSPS) is 30.8. The third-order valence-electron chi connectivity index (χ3n) is 3.88. The molecule has 0 bridgehead atoms. The summed E-state index contributed by atoms with van der Waals surface area (Å²) in [5.41, 5.74) is 7.14. The second-order valence-corrected chi connectivity index (χ2v) is 5.05. The molecule has 3 rings (SSSR count). The van der Waals surface area contributed by atoms with Crippen molar-refractivity contribution in [2.45, 2.75) is 37.8 Å². The minimum absolute atomic E-state index is 0.0323. The van der Waals surface area contributed by atoms with Gasteiger partial charge in [-0.3, -0.25) is 15.2 Å². The van der Waals surface area contributed by atoms with Crippen LogP contribution in [0.5, 0.6) is 0 Å². The lowest BCUT2D eigenvalue weighted by Gasteiger charge is -2.26. The number of carbonyl (C=O) groups is 1. The number of amides is 1. The summed E-state index contributed by atoms with van der Waals surface area (Å²) in [5, 5.41) is 2.91. The van der Waals surface area contributed by atoms with Gasteiger partial charge in [-0.2, -0.15) is 0 Å². The van der Waals surface area contributed by atoms with Crippen molar-refractivity contribution in [2.75, 3.05) is 5.32 Å². The van der Waals surface area contributed by atoms with Crippen LogP contribution in [0.25, 0.3) is 0 Å². The monoisotopic (exact) mass is 246 g/mol. The molecule has 0 spiro atoms. The molecule has 5 nitrogen and oxygen atoms in total. The van der Waals surface area contributed by atoms with Crippen molar-refractivity contribution in [3.05, 3.63) is 24.5 Å². The lowest BCUT2D eigenvalue weighted by Crippen LogP contribution is -2.42. The highest BCUT2D eigenvalue weighted by atomic mass is 16.2. The van der Waals surface area contributed by atoms with Gasteiger partial charge in [0.1, 0.15) is 6.04 Å². The highest BCUT2D eigenvalue weighted by Crippen LogP contribution is 2.30. The summed E-state index contributed by atoms with van der Waals surface area (Å²) in [4.78, 5) is 16.2. The van der Waals surface area contributed by atoms with Gasteiger partial charge in [0.05, 0.1) is 11.9 Å². The van der Waals surface area contributed by atoms with Crippen molar-refractivity contribution >= 4 is 11.6 Å². The summed E-state index contributed by atoms with van der Waals surface area (Å²) in [6, 6.07) is 3.99. The molecule has 2 fully saturated rings. The molecule has 3 unspecified atom stereocenters. The summed E-state index contributed by atoms with van der Waals surface area (Å²) >= 11 is 0. The van der Waals surface area contributed by atoms with Crippen molar-refractivity contribution in [3.63, 3.8) is 0 Å². The van der Waals surface area contributed by atoms with E-state index in [1.165, 1.54) is 12.8 Å². The van der Waals surface area contributed by atoms with Gasteiger partial charge in [0.15, 0.2) is 0 Å². The fraction of sp³-hybridized carbons (Fsp3) is 0.538. The number of hydrazine groups is 1. The molecule has 96 valence electrons. The number of fused-ring (bicyclic) bond motifs is 1. The third-order valence-corrected chi connectivity index (χ3v) is 3.88. The Labute approximate surface area is 106 Å². The molecule has 3 atom stereocenters. The van der Waals surface area contributed by atoms with Crippen molar-refractivity contribution in [2.24, 2.45) is 5.92 Å². The molecule has 2 aliphatic rings. The molecular weight excluding hydrogens is 228 g/mol. The number of anilines is 1. The van der Waals surface area contributed by atoms with Gasteiger partial charge < -0.3 is 5.32 Å². The van der Waals surface area contributed by atoms with Gasteiger partial charge in [-0.05, 0) is 25.0 Å². The smallest absolute Gasteiger partial charge is 0.243 e. The first-order valence-corrected chi connectivity index (χ1v) is 6.56. The highest BCUT2D eigenvalue weighted by Gasteiger charge is 2.40. The van der Waals surface area contributed by atoms with Crippen LogP contribution in [-0.2, 0) is 4.79 Å². The summed E-state index contributed by atoms with van der Waals surface area (Å²) in [7, 11) is 0. The summed E-state index contributed by atoms with van der Waals surface area (Å²) in [6.07, 6.45) is 8.12. The average Bonchev–Trinajstić information content (AvgIpc) is 2.84. The van der Waals surface area contributed by atoms with E-state index >= 15 is 0 Å². The zero-order valence-electron chi connectivity index (χ0n) is 10.2. The molecule has 5 heteroatoms. The predicted molar refractivity (Wildman–Crippen MR) is 68.7 cm³/mol. The standard InChI is InChI=1S/C13H18N4O/c18-13(15-9-4-3-7-14-8-9)12-10-5-1-2-6-11(10)16-17-12/h3-4,7-8,10-12,16-17H,1-2,5-6H2,(H,15,18). The van der Waals surface area contributed by atoms with Crippen LogP contribution in [0.2, 0.25) is 0 Å². The van der Waals surface area contributed by atoms with E-state index in [0.29, 0.717) is 12.0 Å². The molecule has 1 aromatic rings. The number of pyridine rings is 1. The summed E-state index contributed by atoms with van der Waals surface area (Å²) in [6.45, 7) is 0. The zero-order chi connectivity index (χ0) is 12.4. The fourth-order valence-electron chi connectivity index (χ4n) is 2.96. The number of nitrogens with zero attached hydrogens (tertiary/aromatic N) is 1. The number of hydrogen-bond acceptors (Lipinski definition) is 4. The van der Waals surface area contributed by atoms with E-state index in [4.69, 9.17) is 0 Å². The molecule has 1 aliphatic heterocycles. The van der Waals surface area contributed by atoms with Crippen molar-refractivity contribution in [3.8, 4) is 0 Å². The van der Waals surface area contributed by atoms with Gasteiger partial charge in [-0.1, -0.05) is 12.8 Å². The molecular formula is C13H18N4O. The Morgan fingerprint density at radius 3 is 3.06 bits per heavy atom. The second-order valence-electron chi connectivity index (χ2n) is 5.05. The van der Waals surface area contributed by atoms with Crippen LogP contribution in [0.4, 0.5) is 5.69 Å². The molecule has 1 amide bonds. The number of aromatic nitrogens is 1. The zero-order valence-corrected chi connectivity index (χ0v) is 10.2. The molecule has 1 saturated carbocycles. The van der Waals surface area contributed by atoms with E-state index in [-0.39, 0.29) is 11.9 Å². The van der Waals surface area contributed by atoms with E-state index in [1.54, 1.807) is 12.4 Å². The Hall–Kier alpha value is -1.46. The Kier molecular flexibility index (Phi) is 3.25. The fourth-order valence-corrected chi connectivity index (χ4v) is 2.96. The maximum atomic E-state index is 12.2. The van der Waals surface area contributed by atoms with Crippen molar-refractivity contribution < 1.29 is 4.79 Å². The molecule has 18 heavy (non-hydrogen) atoms. The number of nitrogens with one attached hydrogen (secondary N) is 3. The average molecular weight is 246 g/mol. The lowest BCUT2D eigenvalue weighted by atomic mass is 9.81. The van der Waals surface area contributed by atoms with E-state index in [0.717, 1.165) is 18.5 Å². The molecule has 2 heterocycles. The van der Waals surface area contributed by atoms with Gasteiger partial charge >= 0.3 is 0 Å². The van der Waals surface area contributed by atoms with Crippen LogP contribution in [0.15, 0.2) is 24.5 Å². The van der Waals surface area contributed by atoms with Gasteiger partial charge in [0.25, 0.3) is 0 Å². The molecule has 0 radical (unpaired) electrons. The number of hydrogen-bond donors (Lipinski definition) is 3. The third kappa shape index (κ3) is 2.23. The minimum atomic E-state index is -0.129. The molecule has 1 saturated heterocycles. The Morgan fingerprint density at radius 1 is 1.33 bits per heavy atom. The van der Waals surface area contributed by atoms with Crippen LogP contribution in [0, 0.1) is 5.92 Å². The maximum Gasteiger partial charge on any atom is 0.243 e. The van der Waals surface area contributed by atoms with E-state index in [1.807, 2.05) is 12.1 Å². The summed E-state index contributed by atoms with van der Waals surface area (Å²) < 4.78 is 0. The van der Waals surface area contributed by atoms with Crippen molar-refractivity contribution in [1.82, 2.24) is 15.8 Å². The van der Waals surface area contributed by atoms with Crippen LogP contribution in [0.3, 0.4) is 0 Å². The second kappa shape index (κ2) is 5.04. The van der Waals surface area contributed by atoms with Crippen molar-refractivity contribution in [1.29, 1.82) is 0 Å². The first kappa shape index (κ1) is 11.6. The number of carbonyl (C=O) groups excluding carboxylic acids is 1. The van der Waals surface area contributed by atoms with E-state index in [9.17, 15) is 4.79 Å². The van der Waals surface area contributed by atoms with E-state index < -0.39 is 0 Å². The minimum Gasteiger partial charge on any atom is -0.323 e.